The Kier molecular flexibility index (Phi) is 3.34. The second kappa shape index (κ2) is 5.63. The van der Waals surface area contributed by atoms with Crippen molar-refractivity contribution in [3.63, 3.8) is 0 Å². The van der Waals surface area contributed by atoms with E-state index >= 15 is 0 Å². The second-order valence-electron chi connectivity index (χ2n) is 5.64. The Balaban J connectivity index is 1.40. The number of aromatic amines is 1. The van der Waals surface area contributed by atoms with Gasteiger partial charge in [0, 0.05) is 25.3 Å². The summed E-state index contributed by atoms with van der Waals surface area (Å²) < 4.78 is 0. The number of hydrogen-bond donors (Lipinski definition) is 2. The van der Waals surface area contributed by atoms with Gasteiger partial charge in [-0.1, -0.05) is 18.2 Å². The van der Waals surface area contributed by atoms with E-state index in [-0.39, 0.29) is 0 Å². The normalized spacial score (nSPS) is 18.0. The molecule has 0 spiro atoms. The van der Waals surface area contributed by atoms with Crippen LogP contribution in [0.3, 0.4) is 0 Å². The van der Waals surface area contributed by atoms with Gasteiger partial charge in [0.2, 0.25) is 0 Å². The highest BCUT2D eigenvalue weighted by atomic mass is 15.2. The summed E-state index contributed by atoms with van der Waals surface area (Å²) in [4.78, 5) is 18.1. The van der Waals surface area contributed by atoms with Gasteiger partial charge in [-0.15, -0.1) is 0 Å². The van der Waals surface area contributed by atoms with Crippen molar-refractivity contribution in [1.82, 2.24) is 19.9 Å². The highest BCUT2D eigenvalue weighted by Gasteiger charge is 2.22. The van der Waals surface area contributed by atoms with Crippen LogP contribution >= 0.6 is 0 Å². The van der Waals surface area contributed by atoms with Gasteiger partial charge in [0.15, 0.2) is 11.5 Å². The number of H-pyrrole nitrogens is 1. The number of fused-ring (bicyclic) bond motifs is 1. The van der Waals surface area contributed by atoms with Crippen LogP contribution in [0.15, 0.2) is 43.0 Å². The molecule has 22 heavy (non-hydrogen) atoms. The average Bonchev–Trinajstić information content (AvgIpc) is 3.23. The summed E-state index contributed by atoms with van der Waals surface area (Å²) in [6.45, 7) is 3.10. The van der Waals surface area contributed by atoms with Gasteiger partial charge in [0.25, 0.3) is 0 Å². The number of hydrogen-bond acceptors (Lipinski definition) is 5. The maximum atomic E-state index is 4.31. The van der Waals surface area contributed by atoms with Gasteiger partial charge in [-0.25, -0.2) is 15.0 Å². The molecule has 0 radical (unpaired) electrons. The maximum absolute atomic E-state index is 4.31. The molecule has 1 atom stereocenters. The minimum absolute atomic E-state index is 0.619. The van der Waals surface area contributed by atoms with Crippen LogP contribution in [0.5, 0.6) is 0 Å². The highest BCUT2D eigenvalue weighted by Crippen LogP contribution is 2.24. The smallest absolute Gasteiger partial charge is 0.182 e. The molecule has 0 unspecified atom stereocenters. The lowest BCUT2D eigenvalue weighted by Crippen LogP contribution is -2.22. The van der Waals surface area contributed by atoms with Gasteiger partial charge < -0.3 is 15.2 Å². The fourth-order valence-electron chi connectivity index (χ4n) is 3.01. The fourth-order valence-corrected chi connectivity index (χ4v) is 3.01. The maximum Gasteiger partial charge on any atom is 0.182 e. The first-order valence-electron chi connectivity index (χ1n) is 7.58. The van der Waals surface area contributed by atoms with Crippen molar-refractivity contribution in [2.24, 2.45) is 5.92 Å². The predicted molar refractivity (Wildman–Crippen MR) is 86.9 cm³/mol. The molecule has 0 bridgehead atoms. The van der Waals surface area contributed by atoms with Crippen molar-refractivity contribution in [2.45, 2.75) is 6.42 Å². The van der Waals surface area contributed by atoms with Gasteiger partial charge in [-0.05, 0) is 24.5 Å². The number of aromatic nitrogens is 4. The van der Waals surface area contributed by atoms with E-state index in [1.165, 1.54) is 12.1 Å². The molecule has 1 saturated heterocycles. The Morgan fingerprint density at radius 2 is 2.09 bits per heavy atom. The first kappa shape index (κ1) is 13.1. The Labute approximate surface area is 128 Å². The Hall–Kier alpha value is -2.63. The minimum Gasteiger partial charge on any atom is -0.371 e. The summed E-state index contributed by atoms with van der Waals surface area (Å²) in [7, 11) is 0. The van der Waals surface area contributed by atoms with Gasteiger partial charge in [-0.2, -0.15) is 0 Å². The molecule has 6 nitrogen and oxygen atoms in total. The zero-order valence-corrected chi connectivity index (χ0v) is 12.2. The molecular weight excluding hydrogens is 276 g/mol. The summed E-state index contributed by atoms with van der Waals surface area (Å²) in [6.07, 6.45) is 4.40. The molecule has 2 N–H and O–H groups in total. The van der Waals surface area contributed by atoms with Gasteiger partial charge >= 0.3 is 0 Å². The quantitative estimate of drug-likeness (QED) is 0.772. The van der Waals surface area contributed by atoms with Gasteiger partial charge in [0.1, 0.15) is 11.8 Å². The molecule has 3 aromatic rings. The topological polar surface area (TPSA) is 69.7 Å². The van der Waals surface area contributed by atoms with E-state index in [9.17, 15) is 0 Å². The monoisotopic (exact) mass is 294 g/mol. The molecular formula is C16H18N6. The Morgan fingerprint density at radius 3 is 3.00 bits per heavy atom. The molecule has 0 amide bonds. The van der Waals surface area contributed by atoms with Crippen molar-refractivity contribution < 1.29 is 0 Å². The van der Waals surface area contributed by atoms with Gasteiger partial charge in [0.05, 0.1) is 6.33 Å². The number of benzene rings is 1. The molecule has 112 valence electrons. The molecule has 3 heterocycles. The zero-order valence-electron chi connectivity index (χ0n) is 12.2. The molecule has 0 saturated carbocycles. The van der Waals surface area contributed by atoms with Crippen molar-refractivity contribution >= 4 is 22.7 Å². The number of nitrogens with one attached hydrogen (secondary N) is 2. The lowest BCUT2D eigenvalue weighted by atomic mass is 10.1. The molecule has 1 aliphatic heterocycles. The van der Waals surface area contributed by atoms with Crippen LogP contribution in [0.25, 0.3) is 11.2 Å². The highest BCUT2D eigenvalue weighted by molar-refractivity contribution is 5.81. The van der Waals surface area contributed by atoms with Crippen molar-refractivity contribution in [1.29, 1.82) is 0 Å². The molecule has 1 fully saturated rings. The SMILES string of the molecule is c1ccc(N2CC[C@H](CNc3ncnc4nc[nH]c34)C2)cc1. The van der Waals surface area contributed by atoms with Crippen LogP contribution in [-0.2, 0) is 0 Å². The van der Waals surface area contributed by atoms with Crippen LogP contribution in [0.1, 0.15) is 6.42 Å². The van der Waals surface area contributed by atoms with Crippen LogP contribution in [0.2, 0.25) is 0 Å². The lowest BCUT2D eigenvalue weighted by Gasteiger charge is -2.18. The molecule has 0 aliphatic carbocycles. The van der Waals surface area contributed by atoms with E-state index in [0.717, 1.165) is 31.0 Å². The van der Waals surface area contributed by atoms with E-state index < -0.39 is 0 Å². The Morgan fingerprint density at radius 1 is 1.18 bits per heavy atom. The predicted octanol–water partition coefficient (Wildman–Crippen LogP) is 2.29. The van der Waals surface area contributed by atoms with Crippen molar-refractivity contribution in [3.05, 3.63) is 43.0 Å². The van der Waals surface area contributed by atoms with E-state index in [0.29, 0.717) is 11.6 Å². The summed E-state index contributed by atoms with van der Waals surface area (Å²) in [5.41, 5.74) is 2.89. The number of para-hydroxylation sites is 1. The molecule has 2 aromatic heterocycles. The Bertz CT molecular complexity index is 753. The second-order valence-corrected chi connectivity index (χ2v) is 5.64. The van der Waals surface area contributed by atoms with E-state index in [1.807, 2.05) is 0 Å². The molecule has 1 aromatic carbocycles. The number of rotatable bonds is 4. The summed E-state index contributed by atoms with van der Waals surface area (Å²) in [5.74, 6) is 1.45. The minimum atomic E-state index is 0.619. The molecule has 4 rings (SSSR count). The summed E-state index contributed by atoms with van der Waals surface area (Å²) in [5, 5.41) is 3.44. The standard InChI is InChI=1S/C16H18N6/c1-2-4-13(5-3-1)22-7-6-12(9-22)8-17-15-14-16(19-10-18-14)21-11-20-15/h1-5,10-12H,6-9H2,(H2,17,18,19,20,21)/t12-/m1/s1. The third-order valence-electron chi connectivity index (χ3n) is 4.19. The van der Waals surface area contributed by atoms with Crippen LogP contribution in [0.4, 0.5) is 11.5 Å². The number of nitrogens with zero attached hydrogens (tertiary/aromatic N) is 4. The summed E-state index contributed by atoms with van der Waals surface area (Å²) >= 11 is 0. The third-order valence-corrected chi connectivity index (χ3v) is 4.19. The lowest BCUT2D eigenvalue weighted by molar-refractivity contribution is 0.621. The van der Waals surface area contributed by atoms with Crippen LogP contribution < -0.4 is 10.2 Å². The van der Waals surface area contributed by atoms with Gasteiger partial charge in [-0.3, -0.25) is 0 Å². The zero-order chi connectivity index (χ0) is 14.8. The number of anilines is 2. The van der Waals surface area contributed by atoms with E-state index in [1.54, 1.807) is 12.7 Å². The van der Waals surface area contributed by atoms with Crippen LogP contribution in [-0.4, -0.2) is 39.6 Å². The first-order valence-corrected chi connectivity index (χ1v) is 7.58. The fraction of sp³-hybridized carbons (Fsp3) is 0.312. The largest absolute Gasteiger partial charge is 0.371 e. The van der Waals surface area contributed by atoms with E-state index in [2.05, 4.69) is 60.5 Å². The van der Waals surface area contributed by atoms with Crippen molar-refractivity contribution in [2.75, 3.05) is 29.9 Å². The van der Waals surface area contributed by atoms with Crippen LogP contribution in [0, 0.1) is 5.92 Å². The van der Waals surface area contributed by atoms with E-state index in [4.69, 9.17) is 0 Å². The third kappa shape index (κ3) is 2.47. The van der Waals surface area contributed by atoms with Crippen molar-refractivity contribution in [3.8, 4) is 0 Å². The first-order chi connectivity index (χ1) is 10.9. The molecule has 6 heteroatoms. The average molecular weight is 294 g/mol. The summed E-state index contributed by atoms with van der Waals surface area (Å²) in [6, 6.07) is 10.6. The molecule has 1 aliphatic rings. The number of imidazole rings is 1.